The summed E-state index contributed by atoms with van der Waals surface area (Å²) in [5, 5.41) is 9.83. The Balaban J connectivity index is 3.44. The van der Waals surface area contributed by atoms with Crippen LogP contribution in [-0.4, -0.2) is 42.7 Å². The van der Waals surface area contributed by atoms with Crippen LogP contribution in [0.4, 0.5) is 0 Å². The summed E-state index contributed by atoms with van der Waals surface area (Å²) in [7, 11) is 5.20. The van der Waals surface area contributed by atoms with Gasteiger partial charge in [-0.05, 0) is 33.6 Å². The molecule has 3 nitrogen and oxygen atoms in total. The van der Waals surface area contributed by atoms with Crippen LogP contribution in [-0.2, 0) is 0 Å². The minimum atomic E-state index is 0.436. The molecule has 0 rings (SSSR count). The molecule has 0 aliphatic heterocycles. The summed E-state index contributed by atoms with van der Waals surface area (Å²) in [6, 6.07) is 0.609. The van der Waals surface area contributed by atoms with Gasteiger partial charge in [-0.3, -0.25) is 0 Å². The lowest BCUT2D eigenvalue weighted by Crippen LogP contribution is -2.43. The molecule has 1 atom stereocenters. The molecule has 0 aliphatic rings. The third kappa shape index (κ3) is 5.38. The van der Waals surface area contributed by atoms with Crippen LogP contribution >= 0.6 is 0 Å². The molecule has 0 aromatic heterocycles. The fraction of sp³-hybridized carbons (Fsp3) is 1.00. The molecule has 0 bridgehead atoms. The van der Waals surface area contributed by atoms with Gasteiger partial charge in [0.25, 0.3) is 0 Å². The highest BCUT2D eigenvalue weighted by atomic mass is 28.1. The van der Waals surface area contributed by atoms with Crippen molar-refractivity contribution in [1.82, 2.24) is 16.0 Å². The van der Waals surface area contributed by atoms with E-state index in [1.54, 1.807) is 0 Å². The second kappa shape index (κ2) is 6.79. The summed E-state index contributed by atoms with van der Waals surface area (Å²) >= 11 is 0. The van der Waals surface area contributed by atoms with Gasteiger partial charge in [-0.1, -0.05) is 0 Å². The molecule has 0 heterocycles. The second-order valence-electron chi connectivity index (χ2n) is 2.82. The summed E-state index contributed by atoms with van der Waals surface area (Å²) < 4.78 is 0. The van der Waals surface area contributed by atoms with E-state index in [-0.39, 0.29) is 0 Å². The quantitative estimate of drug-likeness (QED) is 0.338. The van der Waals surface area contributed by atoms with E-state index >= 15 is 0 Å². The highest BCUT2D eigenvalue weighted by Crippen LogP contribution is 1.92. The van der Waals surface area contributed by atoms with Crippen molar-refractivity contribution in [3.05, 3.63) is 0 Å². The Morgan fingerprint density at radius 1 is 1.27 bits per heavy atom. The molecule has 4 heteroatoms. The first-order chi connectivity index (χ1) is 5.24. The van der Waals surface area contributed by atoms with Crippen molar-refractivity contribution >= 4 is 10.2 Å². The van der Waals surface area contributed by atoms with E-state index < -0.39 is 0 Å². The van der Waals surface area contributed by atoms with Gasteiger partial charge in [-0.25, -0.2) is 0 Å². The largest absolute Gasteiger partial charge is 0.318 e. The minimum Gasteiger partial charge on any atom is -0.318 e. The van der Waals surface area contributed by atoms with Gasteiger partial charge in [-0.2, -0.15) is 0 Å². The first-order valence-electron chi connectivity index (χ1n) is 4.32. The monoisotopic (exact) mass is 175 g/mol. The van der Waals surface area contributed by atoms with Gasteiger partial charge in [0, 0.05) is 16.3 Å². The normalized spacial score (nSPS) is 14.2. The smallest absolute Gasteiger partial charge is 0.0581 e. The zero-order chi connectivity index (χ0) is 8.69. The molecular weight excluding hydrogens is 154 g/mol. The van der Waals surface area contributed by atoms with Gasteiger partial charge >= 0.3 is 0 Å². The third-order valence-corrected chi connectivity index (χ3v) is 2.25. The number of hydrogen-bond donors (Lipinski definition) is 3. The van der Waals surface area contributed by atoms with E-state index in [0.29, 0.717) is 12.2 Å². The van der Waals surface area contributed by atoms with Crippen molar-refractivity contribution in [3.8, 4) is 0 Å². The predicted octanol–water partition coefficient (Wildman–Crippen LogP) is -1.56. The van der Waals surface area contributed by atoms with Gasteiger partial charge in [0.05, 0.1) is 6.17 Å². The number of rotatable bonds is 6. The average Bonchev–Trinajstić information content (AvgIpc) is 2.01. The molecule has 0 aromatic carbocycles. The van der Waals surface area contributed by atoms with Crippen LogP contribution < -0.4 is 16.0 Å². The lowest BCUT2D eigenvalue weighted by atomic mass is 10.2. The van der Waals surface area contributed by atoms with Crippen LogP contribution in [0.15, 0.2) is 0 Å². The first-order valence-corrected chi connectivity index (χ1v) is 5.73. The van der Waals surface area contributed by atoms with Gasteiger partial charge in [0.1, 0.15) is 0 Å². The van der Waals surface area contributed by atoms with Crippen LogP contribution in [0.3, 0.4) is 0 Å². The van der Waals surface area contributed by atoms with Gasteiger partial charge in [-0.15, -0.1) is 0 Å². The Morgan fingerprint density at radius 3 is 2.18 bits per heavy atom. The third-order valence-electron chi connectivity index (χ3n) is 1.84. The van der Waals surface area contributed by atoms with Crippen LogP contribution in [0.1, 0.15) is 13.3 Å². The Kier molecular flexibility index (Phi) is 6.85. The Bertz CT molecular complexity index is 85.8. The van der Waals surface area contributed by atoms with Crippen molar-refractivity contribution < 1.29 is 0 Å². The zero-order valence-electron chi connectivity index (χ0n) is 8.07. The van der Waals surface area contributed by atoms with Crippen LogP contribution in [0.2, 0.25) is 0 Å². The summed E-state index contributed by atoms with van der Waals surface area (Å²) in [5.41, 5.74) is 0. The van der Waals surface area contributed by atoms with E-state index in [1.165, 1.54) is 16.4 Å². The Labute approximate surface area is 72.7 Å². The molecule has 0 aliphatic carbocycles. The molecule has 0 saturated carbocycles. The van der Waals surface area contributed by atoms with Crippen molar-refractivity contribution in [1.29, 1.82) is 0 Å². The molecule has 0 saturated heterocycles. The van der Waals surface area contributed by atoms with Gasteiger partial charge in [0.15, 0.2) is 0 Å². The van der Waals surface area contributed by atoms with Crippen molar-refractivity contribution in [2.75, 3.05) is 20.3 Å². The van der Waals surface area contributed by atoms with Gasteiger partial charge < -0.3 is 16.0 Å². The summed E-state index contributed by atoms with van der Waals surface area (Å²) in [6.45, 7) is 2.22. The van der Waals surface area contributed by atoms with E-state index in [9.17, 15) is 0 Å². The second-order valence-corrected chi connectivity index (χ2v) is 3.53. The molecule has 0 amide bonds. The summed E-state index contributed by atoms with van der Waals surface area (Å²) in [6.07, 6.45) is 2.75. The Morgan fingerprint density at radius 2 is 1.82 bits per heavy atom. The lowest BCUT2D eigenvalue weighted by molar-refractivity contribution is 0.403. The van der Waals surface area contributed by atoms with Crippen molar-refractivity contribution in [2.45, 2.75) is 25.6 Å². The highest BCUT2D eigenvalue weighted by Gasteiger charge is 2.06. The van der Waals surface area contributed by atoms with E-state index in [2.05, 4.69) is 22.9 Å². The molecule has 3 N–H and O–H groups in total. The molecular formula is C7H21N3Si. The molecule has 0 spiro atoms. The predicted molar refractivity (Wildman–Crippen MR) is 53.9 cm³/mol. The first kappa shape index (κ1) is 11.1. The van der Waals surface area contributed by atoms with Crippen LogP contribution in [0.25, 0.3) is 0 Å². The van der Waals surface area contributed by atoms with Gasteiger partial charge in [0.2, 0.25) is 0 Å². The zero-order valence-corrected chi connectivity index (χ0v) is 10.1. The lowest BCUT2D eigenvalue weighted by Gasteiger charge is -2.20. The molecule has 0 radical (unpaired) electrons. The standard InChI is InChI=1S/C7H21N3Si/c1-6(10-5-11)4-7(8-2)9-3/h6-10H,4-5H2,1-3,11H3. The minimum absolute atomic E-state index is 0.436. The topological polar surface area (TPSA) is 36.1 Å². The molecule has 68 valence electrons. The fourth-order valence-corrected chi connectivity index (χ4v) is 1.86. The van der Waals surface area contributed by atoms with E-state index in [1.807, 2.05) is 14.1 Å². The maximum Gasteiger partial charge on any atom is 0.0581 e. The Hall–Kier alpha value is 0.0969. The fourth-order valence-electron chi connectivity index (χ4n) is 1.17. The number of nitrogens with one attached hydrogen (secondary N) is 3. The van der Waals surface area contributed by atoms with E-state index in [4.69, 9.17) is 0 Å². The maximum absolute atomic E-state index is 3.43. The van der Waals surface area contributed by atoms with E-state index in [0.717, 1.165) is 6.42 Å². The number of hydrogen-bond acceptors (Lipinski definition) is 3. The SMILES string of the molecule is CNC(CC(C)NC[SiH3])NC. The van der Waals surface area contributed by atoms with Crippen molar-refractivity contribution in [3.63, 3.8) is 0 Å². The molecule has 11 heavy (non-hydrogen) atoms. The van der Waals surface area contributed by atoms with Crippen LogP contribution in [0.5, 0.6) is 0 Å². The van der Waals surface area contributed by atoms with Crippen molar-refractivity contribution in [2.24, 2.45) is 0 Å². The van der Waals surface area contributed by atoms with Crippen LogP contribution in [0, 0.1) is 0 Å². The maximum atomic E-state index is 3.43. The molecule has 0 aromatic rings. The molecule has 1 unspecified atom stereocenters. The summed E-state index contributed by atoms with van der Waals surface area (Å²) in [5.74, 6) is 0. The average molecular weight is 175 g/mol. The highest BCUT2D eigenvalue weighted by molar-refractivity contribution is 6.08. The summed E-state index contributed by atoms with van der Waals surface area (Å²) in [4.78, 5) is 0. The molecule has 0 fully saturated rings.